The quantitative estimate of drug-likeness (QED) is 0.700. The topological polar surface area (TPSA) is 12.5 Å². The Morgan fingerprint density at radius 1 is 1.10 bits per heavy atom. The molecule has 1 saturated carbocycles. The molecule has 4 atom stereocenters. The van der Waals surface area contributed by atoms with Crippen molar-refractivity contribution in [3.05, 3.63) is 0 Å². The highest BCUT2D eigenvalue weighted by atomic mass is 16.7. The SMILES string of the molecule is CC(C)CC[C@@]1(C)C[C@@H]2[C@@H]([C@@H](C)C1)N(C(C)C)OC2(C)C. The molecule has 0 aromatic rings. The number of hydrogen-bond acceptors (Lipinski definition) is 2. The lowest BCUT2D eigenvalue weighted by Gasteiger charge is -2.47. The summed E-state index contributed by atoms with van der Waals surface area (Å²) in [5.74, 6) is 2.21. The van der Waals surface area contributed by atoms with Crippen molar-refractivity contribution in [2.45, 2.75) is 98.8 Å². The number of nitrogens with zero attached hydrogens (tertiary/aromatic N) is 1. The lowest BCUT2D eigenvalue weighted by Crippen LogP contribution is -2.48. The van der Waals surface area contributed by atoms with Crippen LogP contribution in [0.3, 0.4) is 0 Å². The molecule has 0 unspecified atom stereocenters. The number of fused-ring (bicyclic) bond motifs is 1. The summed E-state index contributed by atoms with van der Waals surface area (Å²) in [6.07, 6.45) is 5.40. The van der Waals surface area contributed by atoms with Crippen LogP contribution in [0.5, 0.6) is 0 Å². The Hall–Kier alpha value is -0.0800. The molecule has 21 heavy (non-hydrogen) atoms. The van der Waals surface area contributed by atoms with Gasteiger partial charge in [0.1, 0.15) is 0 Å². The van der Waals surface area contributed by atoms with E-state index in [4.69, 9.17) is 4.84 Å². The van der Waals surface area contributed by atoms with Crippen LogP contribution in [0.1, 0.15) is 81.1 Å². The van der Waals surface area contributed by atoms with Gasteiger partial charge < -0.3 is 0 Å². The predicted octanol–water partition coefficient (Wildman–Crippen LogP) is 5.28. The first-order valence-corrected chi connectivity index (χ1v) is 9.03. The molecule has 1 aliphatic carbocycles. The zero-order valence-electron chi connectivity index (χ0n) is 15.6. The maximum absolute atomic E-state index is 6.38. The minimum atomic E-state index is -0.0112. The summed E-state index contributed by atoms with van der Waals surface area (Å²) in [5, 5.41) is 2.32. The fraction of sp³-hybridized carbons (Fsp3) is 1.00. The van der Waals surface area contributed by atoms with Crippen LogP contribution < -0.4 is 0 Å². The molecule has 1 heterocycles. The summed E-state index contributed by atoms with van der Waals surface area (Å²) in [5.41, 5.74) is 0.487. The van der Waals surface area contributed by atoms with Gasteiger partial charge in [-0.1, -0.05) is 34.1 Å². The molecule has 124 valence electrons. The first-order valence-electron chi connectivity index (χ1n) is 9.03. The molecule has 0 N–H and O–H groups in total. The summed E-state index contributed by atoms with van der Waals surface area (Å²) >= 11 is 0. The fourth-order valence-electron chi connectivity index (χ4n) is 4.81. The van der Waals surface area contributed by atoms with E-state index in [1.54, 1.807) is 0 Å². The van der Waals surface area contributed by atoms with Gasteiger partial charge in [0.15, 0.2) is 0 Å². The number of rotatable bonds is 4. The second-order valence-corrected chi connectivity index (χ2v) is 9.37. The lowest BCUT2D eigenvalue weighted by atomic mass is 9.59. The van der Waals surface area contributed by atoms with E-state index in [9.17, 15) is 0 Å². The Kier molecular flexibility index (Phi) is 4.81. The Bertz CT molecular complexity index is 363. The van der Waals surface area contributed by atoms with Gasteiger partial charge in [0.25, 0.3) is 0 Å². The van der Waals surface area contributed by atoms with Gasteiger partial charge in [0, 0.05) is 18.0 Å². The molecule has 2 rings (SSSR count). The molecule has 2 heteroatoms. The lowest BCUT2D eigenvalue weighted by molar-refractivity contribution is -0.215. The largest absolute Gasteiger partial charge is 0.292 e. The molecule has 0 bridgehead atoms. The number of hydrogen-bond donors (Lipinski definition) is 0. The van der Waals surface area contributed by atoms with Gasteiger partial charge in [-0.25, -0.2) is 0 Å². The van der Waals surface area contributed by atoms with Gasteiger partial charge in [0.2, 0.25) is 0 Å². The molecular formula is C19H37NO. The van der Waals surface area contributed by atoms with Crippen LogP contribution >= 0.6 is 0 Å². The van der Waals surface area contributed by atoms with Crippen LogP contribution in [-0.4, -0.2) is 22.7 Å². The third-order valence-electron chi connectivity index (χ3n) is 5.88. The van der Waals surface area contributed by atoms with E-state index in [1.807, 2.05) is 0 Å². The zero-order valence-corrected chi connectivity index (χ0v) is 15.6. The minimum absolute atomic E-state index is 0.0112. The van der Waals surface area contributed by atoms with Crippen LogP contribution in [0.15, 0.2) is 0 Å². The maximum atomic E-state index is 6.38. The van der Waals surface area contributed by atoms with Crippen molar-refractivity contribution in [2.75, 3.05) is 0 Å². The second kappa shape index (κ2) is 5.85. The van der Waals surface area contributed by atoms with Gasteiger partial charge in [-0.3, -0.25) is 4.84 Å². The van der Waals surface area contributed by atoms with Crippen LogP contribution in [-0.2, 0) is 4.84 Å². The van der Waals surface area contributed by atoms with Gasteiger partial charge in [-0.15, -0.1) is 0 Å². The first kappa shape index (κ1) is 17.3. The van der Waals surface area contributed by atoms with Crippen molar-refractivity contribution in [1.82, 2.24) is 5.06 Å². The minimum Gasteiger partial charge on any atom is -0.292 e. The molecule has 0 spiro atoms. The van der Waals surface area contributed by atoms with E-state index in [-0.39, 0.29) is 5.60 Å². The molecule has 1 saturated heterocycles. The Labute approximate surface area is 132 Å². The van der Waals surface area contributed by atoms with E-state index >= 15 is 0 Å². The highest BCUT2D eigenvalue weighted by Gasteiger charge is 2.56. The van der Waals surface area contributed by atoms with E-state index in [2.05, 4.69) is 60.5 Å². The molecule has 2 aliphatic rings. The standard InChI is InChI=1S/C19H37NO/c1-13(2)9-10-19(8)11-15(5)17-16(12-19)18(6,7)21-20(17)14(3)4/h13-17H,9-12H2,1-8H3/t15-,16+,17+,19+/m0/s1. The van der Waals surface area contributed by atoms with Gasteiger partial charge in [-0.2, -0.15) is 5.06 Å². The molecule has 0 aromatic heterocycles. The van der Waals surface area contributed by atoms with Gasteiger partial charge >= 0.3 is 0 Å². The normalized spacial score (nSPS) is 40.0. The van der Waals surface area contributed by atoms with Crippen molar-refractivity contribution in [2.24, 2.45) is 23.2 Å². The van der Waals surface area contributed by atoms with Crippen molar-refractivity contribution in [1.29, 1.82) is 0 Å². The fourth-order valence-corrected chi connectivity index (χ4v) is 4.81. The average molecular weight is 296 g/mol. The van der Waals surface area contributed by atoms with E-state index < -0.39 is 0 Å². The van der Waals surface area contributed by atoms with Crippen molar-refractivity contribution >= 4 is 0 Å². The smallest absolute Gasteiger partial charge is 0.0888 e. The van der Waals surface area contributed by atoms with Crippen molar-refractivity contribution in [3.63, 3.8) is 0 Å². The Balaban J connectivity index is 2.18. The van der Waals surface area contributed by atoms with E-state index in [0.717, 1.165) is 11.8 Å². The Morgan fingerprint density at radius 2 is 1.71 bits per heavy atom. The number of hydroxylamine groups is 2. The summed E-state index contributed by atoms with van der Waals surface area (Å²) in [7, 11) is 0. The van der Waals surface area contributed by atoms with Gasteiger partial charge in [-0.05, 0) is 64.2 Å². The molecule has 0 radical (unpaired) electrons. The molecule has 1 aliphatic heterocycles. The van der Waals surface area contributed by atoms with Crippen molar-refractivity contribution in [3.8, 4) is 0 Å². The predicted molar refractivity (Wildman–Crippen MR) is 90.0 cm³/mol. The molecule has 2 nitrogen and oxygen atoms in total. The van der Waals surface area contributed by atoms with Crippen LogP contribution in [0.2, 0.25) is 0 Å². The summed E-state index contributed by atoms with van der Waals surface area (Å²) in [6.45, 7) is 18.8. The Morgan fingerprint density at radius 3 is 2.24 bits per heavy atom. The third kappa shape index (κ3) is 3.47. The maximum Gasteiger partial charge on any atom is 0.0888 e. The third-order valence-corrected chi connectivity index (χ3v) is 5.88. The monoisotopic (exact) mass is 295 g/mol. The van der Waals surface area contributed by atoms with E-state index in [1.165, 1.54) is 25.7 Å². The molecule has 0 amide bonds. The van der Waals surface area contributed by atoms with Crippen LogP contribution in [0.4, 0.5) is 0 Å². The van der Waals surface area contributed by atoms with Gasteiger partial charge in [0.05, 0.1) is 5.60 Å². The molecule has 0 aromatic carbocycles. The van der Waals surface area contributed by atoms with E-state index in [0.29, 0.717) is 23.4 Å². The van der Waals surface area contributed by atoms with Crippen LogP contribution in [0, 0.1) is 23.2 Å². The summed E-state index contributed by atoms with van der Waals surface area (Å²) < 4.78 is 0. The van der Waals surface area contributed by atoms with Crippen LogP contribution in [0.25, 0.3) is 0 Å². The summed E-state index contributed by atoms with van der Waals surface area (Å²) in [6, 6.07) is 1.08. The van der Waals surface area contributed by atoms with Crippen molar-refractivity contribution < 1.29 is 4.84 Å². The highest BCUT2D eigenvalue weighted by Crippen LogP contribution is 2.54. The zero-order chi connectivity index (χ0) is 16.0. The second-order valence-electron chi connectivity index (χ2n) is 9.37. The highest BCUT2D eigenvalue weighted by molar-refractivity contribution is 5.03. The average Bonchev–Trinajstić information content (AvgIpc) is 2.60. The molecule has 2 fully saturated rings. The first-order chi connectivity index (χ1) is 9.56. The summed E-state index contributed by atoms with van der Waals surface area (Å²) in [4.78, 5) is 6.38. The molecular weight excluding hydrogens is 258 g/mol.